The Balaban J connectivity index is 1.53. The quantitative estimate of drug-likeness (QED) is 0.657. The first-order valence-electron chi connectivity index (χ1n) is 8.89. The van der Waals surface area contributed by atoms with Crippen LogP contribution in [0.4, 0.5) is 0 Å². The number of aromatic nitrogens is 1. The maximum absolute atomic E-state index is 12.4. The Morgan fingerprint density at radius 2 is 1.46 bits per heavy atom. The SMILES string of the molecule is Cc1cc(CC(=O)ON2C(=O)c3ccccc3C2=O)c(C)n1-c1ccccc1. The number of para-hydroxylation sites is 1. The van der Waals surface area contributed by atoms with Crippen LogP contribution < -0.4 is 0 Å². The summed E-state index contributed by atoms with van der Waals surface area (Å²) < 4.78 is 2.05. The van der Waals surface area contributed by atoms with Gasteiger partial charge in [-0.1, -0.05) is 35.4 Å². The Labute approximate surface area is 161 Å². The van der Waals surface area contributed by atoms with E-state index in [2.05, 4.69) is 0 Å². The highest BCUT2D eigenvalue weighted by molar-refractivity contribution is 6.20. The van der Waals surface area contributed by atoms with E-state index in [1.165, 1.54) is 12.1 Å². The first-order valence-corrected chi connectivity index (χ1v) is 8.89. The molecule has 6 nitrogen and oxygen atoms in total. The summed E-state index contributed by atoms with van der Waals surface area (Å²) in [6.07, 6.45) is -0.0418. The predicted octanol–water partition coefficient (Wildman–Crippen LogP) is 3.39. The zero-order valence-electron chi connectivity index (χ0n) is 15.5. The highest BCUT2D eigenvalue weighted by Gasteiger charge is 2.38. The van der Waals surface area contributed by atoms with Crippen LogP contribution in [0.2, 0.25) is 0 Å². The van der Waals surface area contributed by atoms with Crippen molar-refractivity contribution in [1.82, 2.24) is 9.63 Å². The van der Waals surface area contributed by atoms with E-state index in [-0.39, 0.29) is 17.5 Å². The molecule has 0 unspecified atom stereocenters. The average molecular weight is 374 g/mol. The highest BCUT2D eigenvalue weighted by Crippen LogP contribution is 2.24. The number of rotatable bonds is 4. The summed E-state index contributed by atoms with van der Waals surface area (Å²) in [5.41, 5.74) is 4.14. The van der Waals surface area contributed by atoms with Gasteiger partial charge in [0.25, 0.3) is 11.8 Å². The zero-order chi connectivity index (χ0) is 19.8. The molecule has 0 atom stereocenters. The Bertz CT molecular complexity index is 1060. The lowest BCUT2D eigenvalue weighted by Gasteiger charge is -2.13. The van der Waals surface area contributed by atoms with Gasteiger partial charge >= 0.3 is 5.97 Å². The second kappa shape index (κ2) is 6.81. The number of benzene rings is 2. The number of hydrogen-bond acceptors (Lipinski definition) is 4. The van der Waals surface area contributed by atoms with Gasteiger partial charge < -0.3 is 9.40 Å². The number of aryl methyl sites for hydroxylation is 1. The monoisotopic (exact) mass is 374 g/mol. The van der Waals surface area contributed by atoms with E-state index in [0.29, 0.717) is 5.06 Å². The van der Waals surface area contributed by atoms with Gasteiger partial charge in [0.15, 0.2) is 0 Å². The molecule has 1 aromatic heterocycles. The van der Waals surface area contributed by atoms with Crippen LogP contribution in [0.25, 0.3) is 5.69 Å². The molecule has 0 fully saturated rings. The maximum Gasteiger partial charge on any atom is 0.337 e. The van der Waals surface area contributed by atoms with Gasteiger partial charge in [0, 0.05) is 17.1 Å². The largest absolute Gasteiger partial charge is 0.337 e. The summed E-state index contributed by atoms with van der Waals surface area (Å²) in [6.45, 7) is 3.88. The molecule has 0 saturated heterocycles. The third-order valence-electron chi connectivity index (χ3n) is 4.84. The summed E-state index contributed by atoms with van der Waals surface area (Å²) in [6, 6.07) is 18.1. The molecule has 6 heteroatoms. The number of carbonyl (C=O) groups is 3. The molecule has 4 rings (SSSR count). The van der Waals surface area contributed by atoms with Crippen molar-refractivity contribution in [3.63, 3.8) is 0 Å². The van der Waals surface area contributed by atoms with Gasteiger partial charge in [-0.2, -0.15) is 0 Å². The van der Waals surface area contributed by atoms with Gasteiger partial charge in [0.1, 0.15) is 0 Å². The van der Waals surface area contributed by atoms with E-state index in [1.807, 2.05) is 54.8 Å². The van der Waals surface area contributed by atoms with Crippen LogP contribution >= 0.6 is 0 Å². The normalized spacial score (nSPS) is 13.0. The van der Waals surface area contributed by atoms with Gasteiger partial charge in [0.05, 0.1) is 17.5 Å². The number of fused-ring (bicyclic) bond motifs is 1. The van der Waals surface area contributed by atoms with Crippen LogP contribution in [0.5, 0.6) is 0 Å². The van der Waals surface area contributed by atoms with E-state index in [0.717, 1.165) is 22.6 Å². The van der Waals surface area contributed by atoms with Crippen molar-refractivity contribution in [2.75, 3.05) is 0 Å². The first kappa shape index (κ1) is 17.7. The van der Waals surface area contributed by atoms with Crippen LogP contribution in [-0.2, 0) is 16.1 Å². The molecule has 0 N–H and O–H groups in total. The van der Waals surface area contributed by atoms with Crippen LogP contribution in [-0.4, -0.2) is 27.4 Å². The second-order valence-electron chi connectivity index (χ2n) is 6.66. The molecule has 2 amide bonds. The van der Waals surface area contributed by atoms with Gasteiger partial charge in [-0.15, -0.1) is 0 Å². The molecule has 0 saturated carbocycles. The fourth-order valence-corrected chi connectivity index (χ4v) is 3.52. The van der Waals surface area contributed by atoms with E-state index in [1.54, 1.807) is 12.1 Å². The molecule has 3 aromatic rings. The topological polar surface area (TPSA) is 68.6 Å². The van der Waals surface area contributed by atoms with Crippen molar-refractivity contribution in [2.24, 2.45) is 0 Å². The van der Waals surface area contributed by atoms with Crippen LogP contribution in [0.1, 0.15) is 37.7 Å². The standard InChI is InChI=1S/C22H18N2O4/c1-14-12-16(15(2)23(14)17-8-4-3-5-9-17)13-20(25)28-24-21(26)18-10-6-7-11-19(18)22(24)27/h3-12H,13H2,1-2H3. The Kier molecular flexibility index (Phi) is 4.31. The van der Waals surface area contributed by atoms with E-state index >= 15 is 0 Å². The van der Waals surface area contributed by atoms with Crippen molar-refractivity contribution in [1.29, 1.82) is 0 Å². The Morgan fingerprint density at radius 1 is 0.893 bits per heavy atom. The number of imide groups is 1. The maximum atomic E-state index is 12.4. The van der Waals surface area contributed by atoms with Gasteiger partial charge in [-0.05, 0) is 49.7 Å². The lowest BCUT2D eigenvalue weighted by Crippen LogP contribution is -2.33. The number of hydroxylamine groups is 2. The lowest BCUT2D eigenvalue weighted by atomic mass is 10.1. The van der Waals surface area contributed by atoms with Crippen molar-refractivity contribution >= 4 is 17.8 Å². The molecular formula is C22H18N2O4. The van der Waals surface area contributed by atoms with Crippen molar-refractivity contribution in [2.45, 2.75) is 20.3 Å². The summed E-state index contributed by atoms with van der Waals surface area (Å²) >= 11 is 0. The minimum atomic E-state index is -0.664. The molecular weight excluding hydrogens is 356 g/mol. The molecule has 1 aliphatic heterocycles. The van der Waals surface area contributed by atoms with Gasteiger partial charge in [-0.25, -0.2) is 4.79 Å². The molecule has 0 spiro atoms. The highest BCUT2D eigenvalue weighted by atomic mass is 16.7. The minimum Gasteiger partial charge on any atom is -0.329 e. The fourth-order valence-electron chi connectivity index (χ4n) is 3.52. The van der Waals surface area contributed by atoms with Gasteiger partial charge in [0.2, 0.25) is 0 Å². The predicted molar refractivity (Wildman–Crippen MR) is 102 cm³/mol. The molecule has 0 bridgehead atoms. The summed E-state index contributed by atoms with van der Waals surface area (Å²) in [7, 11) is 0. The number of amides is 2. The molecule has 0 aliphatic carbocycles. The number of nitrogens with zero attached hydrogens (tertiary/aromatic N) is 2. The zero-order valence-corrected chi connectivity index (χ0v) is 15.5. The van der Waals surface area contributed by atoms with Crippen LogP contribution in [0.3, 0.4) is 0 Å². The third kappa shape index (κ3) is 2.89. The van der Waals surface area contributed by atoms with E-state index in [9.17, 15) is 14.4 Å². The molecule has 2 aromatic carbocycles. The summed E-state index contributed by atoms with van der Waals surface area (Å²) in [5, 5.41) is 0.545. The van der Waals surface area contributed by atoms with Crippen LogP contribution in [0.15, 0.2) is 60.7 Å². The summed E-state index contributed by atoms with van der Waals surface area (Å²) in [5.74, 6) is -1.91. The van der Waals surface area contributed by atoms with Crippen LogP contribution in [0, 0.1) is 13.8 Å². The Morgan fingerprint density at radius 3 is 2.07 bits per heavy atom. The van der Waals surface area contributed by atoms with Crippen molar-refractivity contribution in [3.8, 4) is 5.69 Å². The lowest BCUT2D eigenvalue weighted by molar-refractivity contribution is -0.167. The fraction of sp³-hybridized carbons (Fsp3) is 0.136. The third-order valence-corrected chi connectivity index (χ3v) is 4.84. The molecule has 2 heterocycles. The second-order valence-corrected chi connectivity index (χ2v) is 6.66. The number of hydrogen-bond donors (Lipinski definition) is 0. The van der Waals surface area contributed by atoms with E-state index < -0.39 is 17.8 Å². The molecule has 0 radical (unpaired) electrons. The minimum absolute atomic E-state index is 0.0418. The Hall–Kier alpha value is -3.67. The molecule has 1 aliphatic rings. The van der Waals surface area contributed by atoms with Crippen molar-refractivity contribution in [3.05, 3.63) is 88.7 Å². The summed E-state index contributed by atoms with van der Waals surface area (Å²) in [4.78, 5) is 42.2. The van der Waals surface area contributed by atoms with E-state index in [4.69, 9.17) is 4.84 Å². The average Bonchev–Trinajstić information content (AvgIpc) is 3.10. The molecule has 140 valence electrons. The first-order chi connectivity index (χ1) is 13.5. The van der Waals surface area contributed by atoms with Crippen molar-refractivity contribution < 1.29 is 19.2 Å². The van der Waals surface area contributed by atoms with Gasteiger partial charge in [-0.3, -0.25) is 9.59 Å². The smallest absolute Gasteiger partial charge is 0.329 e. The molecule has 28 heavy (non-hydrogen) atoms. The number of carbonyl (C=O) groups excluding carboxylic acids is 3.